The normalized spacial score (nSPS) is 16.2. The van der Waals surface area contributed by atoms with Crippen molar-refractivity contribution in [1.29, 1.82) is 0 Å². The van der Waals surface area contributed by atoms with Crippen molar-refractivity contribution in [2.24, 2.45) is 0 Å². The molecule has 0 aliphatic rings. The van der Waals surface area contributed by atoms with Crippen LogP contribution in [0.3, 0.4) is 0 Å². The predicted octanol–water partition coefficient (Wildman–Crippen LogP) is 12.3. The molecule has 2 heterocycles. The summed E-state index contributed by atoms with van der Waals surface area (Å²) in [5, 5.41) is 3.50. The van der Waals surface area contributed by atoms with Gasteiger partial charge >= 0.3 is 0 Å². The molecule has 0 N–H and O–H groups in total. The molecule has 0 spiro atoms. The molecule has 0 bridgehead atoms. The fourth-order valence-electron chi connectivity index (χ4n) is 6.63. The summed E-state index contributed by atoms with van der Waals surface area (Å²) in [4.78, 5) is 0. The van der Waals surface area contributed by atoms with Crippen LogP contribution in [0.5, 0.6) is 0 Å². The highest BCUT2D eigenvalue weighted by Gasteiger charge is 2.23. The highest BCUT2D eigenvalue weighted by molar-refractivity contribution is 6.34. The Balaban J connectivity index is 1.55. The third-order valence-electron chi connectivity index (χ3n) is 8.36. The SMILES string of the molecule is [2H]c1c([2H])c([2H])c(-c2c3c([2H])c([2H])c([2H])c([2H])c3c(-c3cc4ccc5oc6ccccc6c5c4c4c3oc3ccccc34)c3c([2H])c([2H])c([2H])c([2H])c23)c([2H])c1[2H]. The van der Waals surface area contributed by atoms with E-state index in [4.69, 9.17) is 21.2 Å². The van der Waals surface area contributed by atoms with E-state index < -0.39 is 84.1 Å². The number of para-hydroxylation sites is 2. The summed E-state index contributed by atoms with van der Waals surface area (Å²) < 4.78 is 129. The van der Waals surface area contributed by atoms with Gasteiger partial charge < -0.3 is 8.83 Å². The van der Waals surface area contributed by atoms with Crippen LogP contribution < -0.4 is 0 Å². The summed E-state index contributed by atoms with van der Waals surface area (Å²) in [5.41, 5.74) is 1.46. The Labute approximate surface area is 270 Å². The monoisotopic (exact) mass is 573 g/mol. The Morgan fingerprint density at radius 2 is 1.00 bits per heavy atom. The highest BCUT2D eigenvalue weighted by atomic mass is 16.3. The molecule has 0 unspecified atom stereocenters. The quantitative estimate of drug-likeness (QED) is 0.192. The minimum Gasteiger partial charge on any atom is -0.456 e. The standard InChI is InChI=1S/C42H24O2/c1-2-12-25(13-3-1)37-27-14-4-6-16-29(27)39(30-17-7-5-15-28(30)37)33-24-26-22-23-36-40(31-18-8-10-20-34(31)43-36)38(26)41-32-19-9-11-21-35(32)44-42(33)41/h1-24H/i1D,2D,3D,4D,5D,6D,7D,12D,13D,14D,15D,16D,17D. The molecule has 0 saturated heterocycles. The molecule has 10 aromatic rings. The molecule has 204 valence electrons. The molecular weight excluding hydrogens is 536 g/mol. The molecule has 2 heteroatoms. The van der Waals surface area contributed by atoms with Crippen molar-refractivity contribution in [3.05, 3.63) is 145 Å². The van der Waals surface area contributed by atoms with Gasteiger partial charge in [-0.2, -0.15) is 0 Å². The fraction of sp³-hybridized carbons (Fsp3) is 0. The Morgan fingerprint density at radius 3 is 1.68 bits per heavy atom. The average Bonchev–Trinajstić information content (AvgIpc) is 3.80. The first kappa shape index (κ1) is 14.5. The molecule has 0 aliphatic carbocycles. The zero-order chi connectivity index (χ0) is 40.1. The van der Waals surface area contributed by atoms with E-state index in [9.17, 15) is 5.48 Å². The summed E-state index contributed by atoms with van der Waals surface area (Å²) in [6, 6.07) is 11.8. The van der Waals surface area contributed by atoms with Crippen LogP contribution in [0.4, 0.5) is 0 Å². The summed E-state index contributed by atoms with van der Waals surface area (Å²) >= 11 is 0. The molecular formula is C42H24O2. The lowest BCUT2D eigenvalue weighted by molar-refractivity contribution is 0.669. The Kier molecular flexibility index (Phi) is 2.92. The van der Waals surface area contributed by atoms with Crippen molar-refractivity contribution in [3.63, 3.8) is 0 Å². The molecule has 8 aromatic carbocycles. The fourth-order valence-corrected chi connectivity index (χ4v) is 6.63. The first-order valence-corrected chi connectivity index (χ1v) is 14.0. The maximum atomic E-state index is 9.43. The van der Waals surface area contributed by atoms with Crippen molar-refractivity contribution in [2.75, 3.05) is 0 Å². The Morgan fingerprint density at radius 1 is 0.432 bits per heavy atom. The number of benzene rings is 8. The van der Waals surface area contributed by atoms with E-state index in [-0.39, 0.29) is 43.8 Å². The van der Waals surface area contributed by atoms with Crippen LogP contribution in [0, 0.1) is 0 Å². The second kappa shape index (κ2) is 8.82. The van der Waals surface area contributed by atoms with Gasteiger partial charge in [0.05, 0.1) is 17.8 Å². The largest absolute Gasteiger partial charge is 0.456 e. The van der Waals surface area contributed by atoms with Crippen molar-refractivity contribution < 1.29 is 26.7 Å². The molecule has 2 aromatic heterocycles. The van der Waals surface area contributed by atoms with Gasteiger partial charge in [0.15, 0.2) is 0 Å². The molecule has 44 heavy (non-hydrogen) atoms. The first-order valence-electron chi connectivity index (χ1n) is 20.5. The van der Waals surface area contributed by atoms with E-state index in [1.54, 1.807) is 12.1 Å². The minimum absolute atomic E-state index is 0.00165. The summed E-state index contributed by atoms with van der Waals surface area (Å²) in [7, 11) is 0. The third kappa shape index (κ3) is 3.14. The number of fused-ring (bicyclic) bond motifs is 11. The van der Waals surface area contributed by atoms with Crippen LogP contribution in [0.15, 0.2) is 154 Å². The van der Waals surface area contributed by atoms with Gasteiger partial charge in [0.25, 0.3) is 0 Å². The van der Waals surface area contributed by atoms with E-state index in [0.29, 0.717) is 32.9 Å². The van der Waals surface area contributed by atoms with Crippen molar-refractivity contribution in [1.82, 2.24) is 0 Å². The van der Waals surface area contributed by atoms with E-state index >= 15 is 0 Å². The third-order valence-corrected chi connectivity index (χ3v) is 8.36. The van der Waals surface area contributed by atoms with Gasteiger partial charge in [0.2, 0.25) is 0 Å². The van der Waals surface area contributed by atoms with E-state index in [1.165, 1.54) is 0 Å². The van der Waals surface area contributed by atoms with Crippen molar-refractivity contribution >= 4 is 76.2 Å². The van der Waals surface area contributed by atoms with Gasteiger partial charge in [-0.1, -0.05) is 121 Å². The van der Waals surface area contributed by atoms with Crippen LogP contribution in [0.1, 0.15) is 17.8 Å². The molecule has 0 aliphatic heterocycles. The molecule has 0 amide bonds. The van der Waals surface area contributed by atoms with E-state index in [1.807, 2.05) is 54.6 Å². The lowest BCUT2D eigenvalue weighted by Crippen LogP contribution is -1.91. The van der Waals surface area contributed by atoms with Gasteiger partial charge in [-0.15, -0.1) is 0 Å². The van der Waals surface area contributed by atoms with Gasteiger partial charge in [0.1, 0.15) is 22.3 Å². The number of furan rings is 2. The average molecular weight is 574 g/mol. The van der Waals surface area contributed by atoms with Crippen LogP contribution in [-0.4, -0.2) is 0 Å². The van der Waals surface area contributed by atoms with Crippen LogP contribution in [-0.2, 0) is 0 Å². The number of hydrogen-bond donors (Lipinski definition) is 0. The second-order valence-corrected chi connectivity index (χ2v) is 10.6. The lowest BCUT2D eigenvalue weighted by atomic mass is 9.84. The zero-order valence-corrected chi connectivity index (χ0v) is 22.7. The Hall–Kier alpha value is -5.86. The van der Waals surface area contributed by atoms with E-state index in [2.05, 4.69) is 0 Å². The molecule has 0 atom stereocenters. The van der Waals surface area contributed by atoms with Crippen molar-refractivity contribution in [2.45, 2.75) is 0 Å². The predicted molar refractivity (Wildman–Crippen MR) is 184 cm³/mol. The van der Waals surface area contributed by atoms with Gasteiger partial charge in [0, 0.05) is 38.1 Å². The lowest BCUT2D eigenvalue weighted by Gasteiger charge is -2.18. The second-order valence-electron chi connectivity index (χ2n) is 10.6. The maximum Gasteiger partial charge on any atom is 0.143 e. The van der Waals surface area contributed by atoms with Gasteiger partial charge in [-0.3, -0.25) is 0 Å². The molecule has 0 radical (unpaired) electrons. The topological polar surface area (TPSA) is 26.3 Å². The van der Waals surface area contributed by atoms with E-state index in [0.717, 1.165) is 16.2 Å². The van der Waals surface area contributed by atoms with Crippen molar-refractivity contribution in [3.8, 4) is 22.3 Å². The first-order chi connectivity index (χ1) is 27.2. The number of hydrogen-bond acceptors (Lipinski definition) is 2. The maximum absolute atomic E-state index is 9.43. The smallest absolute Gasteiger partial charge is 0.143 e. The summed E-state index contributed by atoms with van der Waals surface area (Å²) in [6.45, 7) is 0. The Bertz CT molecular complexity index is 3400. The van der Waals surface area contributed by atoms with Gasteiger partial charge in [-0.05, 0) is 62.3 Å². The summed E-state index contributed by atoms with van der Waals surface area (Å²) in [6.07, 6.45) is 0. The zero-order valence-electron chi connectivity index (χ0n) is 35.7. The van der Waals surface area contributed by atoms with Crippen LogP contribution in [0.25, 0.3) is 98.4 Å². The van der Waals surface area contributed by atoms with Gasteiger partial charge in [-0.25, -0.2) is 0 Å². The molecule has 10 rings (SSSR count). The molecule has 0 fully saturated rings. The minimum atomic E-state index is -0.727. The summed E-state index contributed by atoms with van der Waals surface area (Å²) in [5.74, 6) is 0. The van der Waals surface area contributed by atoms with Crippen LogP contribution >= 0.6 is 0 Å². The highest BCUT2D eigenvalue weighted by Crippen LogP contribution is 2.49. The van der Waals surface area contributed by atoms with Crippen LogP contribution in [0.2, 0.25) is 0 Å². The molecule has 2 nitrogen and oxygen atoms in total. The number of rotatable bonds is 2. The molecule has 0 saturated carbocycles.